The second kappa shape index (κ2) is 6.99. The molecular formula is C24H26N2O3. The van der Waals surface area contributed by atoms with Crippen molar-refractivity contribution in [3.8, 4) is 0 Å². The van der Waals surface area contributed by atoms with E-state index in [1.165, 1.54) is 11.1 Å². The number of carbonyl (C=O) groups excluding carboxylic acids is 2. The molecule has 0 aromatic heterocycles. The molecule has 5 rings (SSSR count). The fraction of sp³-hybridized carbons (Fsp3) is 0.417. The summed E-state index contributed by atoms with van der Waals surface area (Å²) in [5, 5.41) is 0. The number of likely N-dealkylation sites (tertiary alicyclic amines) is 1. The minimum atomic E-state index is -0.762. The van der Waals surface area contributed by atoms with Crippen molar-refractivity contribution in [2.45, 2.75) is 50.5 Å². The molecule has 2 aromatic rings. The van der Waals surface area contributed by atoms with E-state index in [0.29, 0.717) is 31.5 Å². The molecule has 3 aliphatic heterocycles. The lowest BCUT2D eigenvalue weighted by Gasteiger charge is -2.37. The molecule has 1 spiro atoms. The van der Waals surface area contributed by atoms with Crippen LogP contribution >= 0.6 is 0 Å². The van der Waals surface area contributed by atoms with E-state index >= 15 is 0 Å². The van der Waals surface area contributed by atoms with Crippen molar-refractivity contribution in [2.75, 3.05) is 13.1 Å². The van der Waals surface area contributed by atoms with Crippen LogP contribution in [0.3, 0.4) is 0 Å². The van der Waals surface area contributed by atoms with Gasteiger partial charge in [-0.05, 0) is 37.5 Å². The van der Waals surface area contributed by atoms with Crippen molar-refractivity contribution in [3.63, 3.8) is 0 Å². The van der Waals surface area contributed by atoms with Gasteiger partial charge in [-0.15, -0.1) is 0 Å². The number of rotatable bonds is 2. The summed E-state index contributed by atoms with van der Waals surface area (Å²) in [6.45, 7) is 3.18. The number of benzene rings is 2. The maximum Gasteiger partial charge on any atom is 0.257 e. The Balaban J connectivity index is 1.30. The third-order valence-electron chi connectivity index (χ3n) is 6.66. The fourth-order valence-corrected chi connectivity index (χ4v) is 5.00. The summed E-state index contributed by atoms with van der Waals surface area (Å²) < 4.78 is 6.37. The molecule has 2 atom stereocenters. The monoisotopic (exact) mass is 390 g/mol. The first-order chi connectivity index (χ1) is 14.1. The van der Waals surface area contributed by atoms with Crippen molar-refractivity contribution in [1.82, 2.24) is 9.80 Å². The Kier molecular flexibility index (Phi) is 4.43. The Bertz CT molecular complexity index is 917. The minimum Gasteiger partial charge on any atom is -0.342 e. The molecule has 0 aliphatic carbocycles. The number of hydrogen-bond donors (Lipinski definition) is 0. The van der Waals surface area contributed by atoms with Crippen molar-refractivity contribution in [3.05, 3.63) is 71.3 Å². The molecule has 3 heterocycles. The number of ether oxygens (including phenoxy) is 1. The molecule has 3 fully saturated rings. The lowest BCUT2D eigenvalue weighted by atomic mass is 9.89. The zero-order valence-corrected chi connectivity index (χ0v) is 16.7. The van der Waals surface area contributed by atoms with Gasteiger partial charge in [-0.2, -0.15) is 0 Å². The van der Waals surface area contributed by atoms with Crippen LogP contribution in [0, 0.1) is 6.92 Å². The number of carbonyl (C=O) groups is 2. The van der Waals surface area contributed by atoms with E-state index < -0.39 is 5.60 Å². The number of fused-ring (bicyclic) bond motifs is 1. The van der Waals surface area contributed by atoms with Crippen molar-refractivity contribution >= 4 is 11.8 Å². The zero-order valence-electron chi connectivity index (χ0n) is 16.7. The topological polar surface area (TPSA) is 49.9 Å². The van der Waals surface area contributed by atoms with Gasteiger partial charge in [-0.25, -0.2) is 0 Å². The molecule has 29 heavy (non-hydrogen) atoms. The van der Waals surface area contributed by atoms with Crippen LogP contribution in [0.5, 0.6) is 0 Å². The largest absolute Gasteiger partial charge is 0.342 e. The average molecular weight is 390 g/mol. The first-order valence-electron chi connectivity index (χ1n) is 10.5. The number of piperidine rings is 1. The quantitative estimate of drug-likeness (QED) is 0.786. The molecular weight excluding hydrogens is 364 g/mol. The van der Waals surface area contributed by atoms with Gasteiger partial charge in [0.1, 0.15) is 6.23 Å². The molecule has 0 N–H and O–H groups in total. The normalized spacial score (nSPS) is 25.5. The fourth-order valence-electron chi connectivity index (χ4n) is 5.00. The van der Waals surface area contributed by atoms with Crippen LogP contribution in [-0.2, 0) is 9.53 Å². The summed E-state index contributed by atoms with van der Waals surface area (Å²) in [6.07, 6.45) is 2.81. The van der Waals surface area contributed by atoms with Crippen molar-refractivity contribution < 1.29 is 14.3 Å². The Morgan fingerprint density at radius 3 is 2.38 bits per heavy atom. The maximum atomic E-state index is 13.5. The van der Waals surface area contributed by atoms with Gasteiger partial charge in [-0.1, -0.05) is 48.0 Å². The summed E-state index contributed by atoms with van der Waals surface area (Å²) in [4.78, 5) is 30.0. The van der Waals surface area contributed by atoms with Gasteiger partial charge in [0.05, 0.1) is 6.04 Å². The maximum absolute atomic E-state index is 13.5. The summed E-state index contributed by atoms with van der Waals surface area (Å²) in [5.74, 6) is 0.140. The standard InChI is InChI=1S/C24H26N2O3/c1-17-7-9-18(10-8-17)20-11-12-21-26(20)23(28)24(29-21)13-15-25(16-14-24)22(27)19-5-3-2-4-6-19/h2-10,20-21H,11-16H2,1H3. The van der Waals surface area contributed by atoms with Gasteiger partial charge in [0, 0.05) is 31.5 Å². The highest BCUT2D eigenvalue weighted by Gasteiger charge is 2.58. The predicted octanol–water partition coefficient (Wildman–Crippen LogP) is 3.69. The van der Waals surface area contributed by atoms with Gasteiger partial charge >= 0.3 is 0 Å². The smallest absolute Gasteiger partial charge is 0.257 e. The second-order valence-corrected chi connectivity index (χ2v) is 8.44. The van der Waals surface area contributed by atoms with E-state index in [-0.39, 0.29) is 24.1 Å². The minimum absolute atomic E-state index is 0.0314. The van der Waals surface area contributed by atoms with Gasteiger partial charge in [0.2, 0.25) is 0 Å². The van der Waals surface area contributed by atoms with Crippen molar-refractivity contribution in [1.29, 1.82) is 0 Å². The lowest BCUT2D eigenvalue weighted by Crippen LogP contribution is -2.51. The first kappa shape index (κ1) is 18.4. The van der Waals surface area contributed by atoms with Gasteiger partial charge in [-0.3, -0.25) is 9.59 Å². The van der Waals surface area contributed by atoms with E-state index in [2.05, 4.69) is 31.2 Å². The molecule has 3 saturated heterocycles. The van der Waals surface area contributed by atoms with Crippen LogP contribution in [0.1, 0.15) is 53.2 Å². The highest BCUT2D eigenvalue weighted by molar-refractivity contribution is 5.95. The van der Waals surface area contributed by atoms with Crippen LogP contribution in [0.2, 0.25) is 0 Å². The van der Waals surface area contributed by atoms with Gasteiger partial charge in [0.25, 0.3) is 11.8 Å². The predicted molar refractivity (Wildman–Crippen MR) is 109 cm³/mol. The number of nitrogens with zero attached hydrogens (tertiary/aromatic N) is 2. The molecule has 5 nitrogen and oxygen atoms in total. The first-order valence-corrected chi connectivity index (χ1v) is 10.5. The van der Waals surface area contributed by atoms with Gasteiger partial charge in [0.15, 0.2) is 5.60 Å². The lowest BCUT2D eigenvalue weighted by molar-refractivity contribution is -0.142. The number of hydrogen-bond acceptors (Lipinski definition) is 3. The van der Waals surface area contributed by atoms with Crippen LogP contribution < -0.4 is 0 Å². The number of amides is 2. The average Bonchev–Trinajstić information content (AvgIpc) is 3.28. The van der Waals surface area contributed by atoms with E-state index in [4.69, 9.17) is 4.74 Å². The molecule has 0 radical (unpaired) electrons. The SMILES string of the molecule is Cc1ccc(C2CCC3OC4(CCN(C(=O)c5ccccc5)CC4)C(=O)N32)cc1. The van der Waals surface area contributed by atoms with E-state index in [0.717, 1.165) is 12.8 Å². The third kappa shape index (κ3) is 3.04. The van der Waals surface area contributed by atoms with E-state index in [1.54, 1.807) is 0 Å². The molecule has 150 valence electrons. The van der Waals surface area contributed by atoms with Gasteiger partial charge < -0.3 is 14.5 Å². The summed E-state index contributed by atoms with van der Waals surface area (Å²) in [5.41, 5.74) is 2.34. The molecule has 2 amide bonds. The molecule has 2 aromatic carbocycles. The van der Waals surface area contributed by atoms with Crippen LogP contribution in [0.15, 0.2) is 54.6 Å². The third-order valence-corrected chi connectivity index (χ3v) is 6.66. The van der Waals surface area contributed by atoms with Crippen LogP contribution in [0.25, 0.3) is 0 Å². The highest BCUT2D eigenvalue weighted by atomic mass is 16.6. The van der Waals surface area contributed by atoms with E-state index in [9.17, 15) is 9.59 Å². The summed E-state index contributed by atoms with van der Waals surface area (Å²) >= 11 is 0. The molecule has 5 heteroatoms. The summed E-state index contributed by atoms with van der Waals surface area (Å²) in [7, 11) is 0. The Morgan fingerprint density at radius 1 is 1.00 bits per heavy atom. The molecule has 3 aliphatic rings. The number of aryl methyl sites for hydroxylation is 1. The van der Waals surface area contributed by atoms with Crippen molar-refractivity contribution in [2.24, 2.45) is 0 Å². The second-order valence-electron chi connectivity index (χ2n) is 8.44. The highest BCUT2D eigenvalue weighted by Crippen LogP contribution is 2.47. The Hall–Kier alpha value is -2.66. The Labute approximate surface area is 171 Å². The van der Waals surface area contributed by atoms with E-state index in [1.807, 2.05) is 40.1 Å². The molecule has 0 bridgehead atoms. The van der Waals surface area contributed by atoms with Crippen LogP contribution in [0.4, 0.5) is 0 Å². The van der Waals surface area contributed by atoms with Crippen LogP contribution in [-0.4, -0.2) is 46.5 Å². The molecule has 0 saturated carbocycles. The molecule has 2 unspecified atom stereocenters. The Morgan fingerprint density at radius 2 is 1.69 bits per heavy atom. The summed E-state index contributed by atoms with van der Waals surface area (Å²) in [6, 6.07) is 17.9. The zero-order chi connectivity index (χ0) is 20.0.